The molecule has 15 heteroatoms. The Labute approximate surface area is 214 Å². The molecule has 0 spiro atoms. The summed E-state index contributed by atoms with van der Waals surface area (Å²) in [5.74, 6) is -4.75. The maximum atomic E-state index is 10.6. The Kier molecular flexibility index (Phi) is 12.2. The molecule has 0 radical (unpaired) electrons. The molecule has 3 aliphatic heterocycles. The van der Waals surface area contributed by atoms with Gasteiger partial charge in [-0.2, -0.15) is 26.3 Å². The second-order valence-electron chi connectivity index (χ2n) is 8.87. The Balaban J connectivity index is 0.000000301. The van der Waals surface area contributed by atoms with Crippen molar-refractivity contribution >= 4 is 11.9 Å². The van der Waals surface area contributed by atoms with Crippen molar-refractivity contribution in [3.05, 3.63) is 30.1 Å². The topological polar surface area (TPSA) is 118 Å². The minimum atomic E-state index is -5.08. The molecule has 0 aromatic carbocycles. The molecule has 9 nitrogen and oxygen atoms in total. The molecule has 3 aliphatic rings. The van der Waals surface area contributed by atoms with Crippen molar-refractivity contribution in [2.24, 2.45) is 5.92 Å². The lowest BCUT2D eigenvalue weighted by Gasteiger charge is -2.34. The summed E-state index contributed by atoms with van der Waals surface area (Å²) in [7, 11) is 0. The highest BCUT2D eigenvalue weighted by Gasteiger charge is 2.45. The number of carbonyl (C=O) groups is 2. The molecule has 216 valence electrons. The molecule has 1 aromatic heterocycles. The van der Waals surface area contributed by atoms with E-state index in [0.717, 1.165) is 32.3 Å². The lowest BCUT2D eigenvalue weighted by atomic mass is 9.97. The molecule has 2 N–H and O–H groups in total. The molecular weight excluding hydrogens is 530 g/mol. The van der Waals surface area contributed by atoms with Crippen LogP contribution in [0.4, 0.5) is 26.3 Å². The van der Waals surface area contributed by atoms with Gasteiger partial charge in [-0.3, -0.25) is 9.88 Å². The van der Waals surface area contributed by atoms with Gasteiger partial charge in [0.1, 0.15) is 6.10 Å². The standard InChI is InChI=1S/C19H28N2O3.2C2HF3O2/c1-2-17-19(23-9-1)18(24-14-16-3-7-20-8-4-16)13-21(17)12-15-5-10-22-11-6-15;2*3-2(4,5)1(6)7/h3-4,7-8,15,17-19H,1-2,5-6,9-14H2;2*(H,6,7)/t17-,18+,19+;;/m0../s1. The van der Waals surface area contributed by atoms with E-state index in [0.29, 0.717) is 12.6 Å². The minimum Gasteiger partial charge on any atom is -0.475 e. The van der Waals surface area contributed by atoms with E-state index in [1.165, 1.54) is 37.8 Å². The molecule has 3 saturated heterocycles. The molecule has 0 bridgehead atoms. The number of nitrogens with zero attached hydrogens (tertiary/aromatic N) is 2. The van der Waals surface area contributed by atoms with Gasteiger partial charge in [-0.1, -0.05) is 0 Å². The van der Waals surface area contributed by atoms with E-state index in [4.69, 9.17) is 34.0 Å². The zero-order valence-corrected chi connectivity index (χ0v) is 20.3. The molecule has 4 heterocycles. The number of hydrogen-bond donors (Lipinski definition) is 2. The normalized spacial score (nSPS) is 24.3. The van der Waals surface area contributed by atoms with Crippen molar-refractivity contribution in [2.75, 3.05) is 32.9 Å². The molecule has 3 atom stereocenters. The van der Waals surface area contributed by atoms with E-state index in [1.54, 1.807) is 0 Å². The Hall–Kier alpha value is -2.49. The van der Waals surface area contributed by atoms with Crippen LogP contribution in [0.2, 0.25) is 0 Å². The van der Waals surface area contributed by atoms with Crippen LogP contribution in [-0.4, -0.2) is 95.5 Å². The summed E-state index contributed by atoms with van der Waals surface area (Å²) in [5, 5.41) is 14.2. The van der Waals surface area contributed by atoms with Crippen LogP contribution >= 0.6 is 0 Å². The molecule has 0 aliphatic carbocycles. The number of alkyl halides is 6. The molecule has 1 aromatic rings. The van der Waals surface area contributed by atoms with Crippen molar-refractivity contribution in [1.82, 2.24) is 9.88 Å². The van der Waals surface area contributed by atoms with Crippen LogP contribution in [0.1, 0.15) is 31.2 Å². The van der Waals surface area contributed by atoms with Crippen LogP contribution in [0.3, 0.4) is 0 Å². The van der Waals surface area contributed by atoms with Crippen molar-refractivity contribution in [1.29, 1.82) is 0 Å². The summed E-state index contributed by atoms with van der Waals surface area (Å²) in [6, 6.07) is 4.58. The molecule has 3 fully saturated rings. The van der Waals surface area contributed by atoms with Crippen molar-refractivity contribution in [2.45, 2.75) is 62.9 Å². The summed E-state index contributed by atoms with van der Waals surface area (Å²) in [6.07, 6.45) is -1.31. The van der Waals surface area contributed by atoms with Gasteiger partial charge in [-0.15, -0.1) is 0 Å². The van der Waals surface area contributed by atoms with Gasteiger partial charge in [0, 0.05) is 51.3 Å². The first kappa shape index (κ1) is 31.7. The molecule has 0 unspecified atom stereocenters. The maximum absolute atomic E-state index is 10.6. The predicted molar refractivity (Wildman–Crippen MR) is 118 cm³/mol. The summed E-state index contributed by atoms with van der Waals surface area (Å²) in [5.41, 5.74) is 1.18. The van der Waals surface area contributed by atoms with Crippen LogP contribution < -0.4 is 0 Å². The summed E-state index contributed by atoms with van der Waals surface area (Å²) in [6.45, 7) is 5.53. The fourth-order valence-corrected chi connectivity index (χ4v) is 4.30. The van der Waals surface area contributed by atoms with Crippen molar-refractivity contribution in [3.8, 4) is 0 Å². The number of carboxylic acid groups (broad SMARTS) is 2. The van der Waals surface area contributed by atoms with E-state index in [1.807, 2.05) is 24.5 Å². The Morgan fingerprint density at radius 3 is 2.05 bits per heavy atom. The molecule has 4 rings (SSSR count). The first-order valence-corrected chi connectivity index (χ1v) is 11.8. The Morgan fingerprint density at radius 2 is 1.53 bits per heavy atom. The van der Waals surface area contributed by atoms with E-state index in [2.05, 4.69) is 9.88 Å². The molecule has 38 heavy (non-hydrogen) atoms. The van der Waals surface area contributed by atoms with E-state index < -0.39 is 24.3 Å². The molecular formula is C23H30F6N2O7. The van der Waals surface area contributed by atoms with Crippen LogP contribution in [0.25, 0.3) is 0 Å². The number of ether oxygens (including phenoxy) is 3. The molecule has 0 amide bonds. The molecule has 0 saturated carbocycles. The summed E-state index contributed by atoms with van der Waals surface area (Å²) >= 11 is 0. The monoisotopic (exact) mass is 560 g/mol. The highest BCUT2D eigenvalue weighted by atomic mass is 19.4. The lowest BCUT2D eigenvalue weighted by molar-refractivity contribution is -0.193. The smallest absolute Gasteiger partial charge is 0.475 e. The second kappa shape index (κ2) is 14.6. The van der Waals surface area contributed by atoms with Gasteiger partial charge >= 0.3 is 24.3 Å². The number of aromatic nitrogens is 1. The number of hydrogen-bond acceptors (Lipinski definition) is 7. The number of fused-ring (bicyclic) bond motifs is 1. The highest BCUT2D eigenvalue weighted by Crippen LogP contribution is 2.32. The van der Waals surface area contributed by atoms with Gasteiger partial charge in [0.05, 0.1) is 12.7 Å². The third-order valence-corrected chi connectivity index (χ3v) is 6.12. The lowest BCUT2D eigenvalue weighted by Crippen LogP contribution is -2.43. The van der Waals surface area contributed by atoms with Crippen LogP contribution in [0.5, 0.6) is 0 Å². The van der Waals surface area contributed by atoms with Crippen LogP contribution in [0.15, 0.2) is 24.5 Å². The second-order valence-corrected chi connectivity index (χ2v) is 8.87. The quantitative estimate of drug-likeness (QED) is 0.522. The maximum Gasteiger partial charge on any atom is 0.490 e. The first-order chi connectivity index (χ1) is 17.8. The van der Waals surface area contributed by atoms with Crippen LogP contribution in [0, 0.1) is 5.92 Å². The van der Waals surface area contributed by atoms with Gasteiger partial charge in [-0.25, -0.2) is 9.59 Å². The minimum absolute atomic E-state index is 0.184. The van der Waals surface area contributed by atoms with Gasteiger partial charge in [0.15, 0.2) is 0 Å². The Bertz CT molecular complexity index is 842. The fraction of sp³-hybridized carbons (Fsp3) is 0.696. The number of aliphatic carboxylic acids is 2. The third kappa shape index (κ3) is 10.7. The largest absolute Gasteiger partial charge is 0.490 e. The predicted octanol–water partition coefficient (Wildman–Crippen LogP) is 3.52. The van der Waals surface area contributed by atoms with Crippen LogP contribution in [-0.2, 0) is 30.4 Å². The number of rotatable bonds is 5. The number of likely N-dealkylation sites (tertiary alicyclic amines) is 1. The highest BCUT2D eigenvalue weighted by molar-refractivity contribution is 5.73. The zero-order chi connectivity index (χ0) is 28.3. The fourth-order valence-electron chi connectivity index (χ4n) is 4.30. The van der Waals surface area contributed by atoms with E-state index in [9.17, 15) is 26.3 Å². The summed E-state index contributed by atoms with van der Waals surface area (Å²) in [4.78, 5) is 24.5. The van der Waals surface area contributed by atoms with Crippen molar-refractivity contribution < 1.29 is 60.4 Å². The average molecular weight is 560 g/mol. The van der Waals surface area contributed by atoms with Gasteiger partial charge < -0.3 is 24.4 Å². The van der Waals surface area contributed by atoms with E-state index >= 15 is 0 Å². The van der Waals surface area contributed by atoms with Crippen molar-refractivity contribution in [3.63, 3.8) is 0 Å². The average Bonchev–Trinajstić information content (AvgIpc) is 3.21. The number of carboxylic acids is 2. The third-order valence-electron chi connectivity index (χ3n) is 6.12. The number of pyridine rings is 1. The van der Waals surface area contributed by atoms with Gasteiger partial charge in [0.2, 0.25) is 0 Å². The first-order valence-electron chi connectivity index (χ1n) is 11.8. The van der Waals surface area contributed by atoms with E-state index in [-0.39, 0.29) is 12.2 Å². The SMILES string of the molecule is O=C(O)C(F)(F)F.O=C(O)C(F)(F)F.c1cc(CO[C@@H]2CN(CC3CCOCC3)[C@H]3CCCO[C@@H]23)ccn1. The summed E-state index contributed by atoms with van der Waals surface area (Å²) < 4.78 is 81.4. The Morgan fingerprint density at radius 1 is 0.974 bits per heavy atom. The zero-order valence-electron chi connectivity index (χ0n) is 20.3. The number of halogens is 6. The van der Waals surface area contributed by atoms with Gasteiger partial charge in [0.25, 0.3) is 0 Å². The van der Waals surface area contributed by atoms with Gasteiger partial charge in [-0.05, 0) is 49.3 Å².